The van der Waals surface area contributed by atoms with Crippen molar-refractivity contribution >= 4 is 29.9 Å². The van der Waals surface area contributed by atoms with Crippen LogP contribution in [0.4, 0.5) is 0 Å². The maximum Gasteiger partial charge on any atom is 0.191 e. The van der Waals surface area contributed by atoms with Crippen LogP contribution in [-0.2, 0) is 12.0 Å². The molecule has 0 saturated carbocycles. The quantitative estimate of drug-likeness (QED) is 0.292. The Morgan fingerprint density at radius 3 is 2.68 bits per heavy atom. The van der Waals surface area contributed by atoms with Crippen LogP contribution in [0.5, 0.6) is 0 Å². The van der Waals surface area contributed by atoms with Crippen molar-refractivity contribution in [2.45, 2.75) is 39.2 Å². The van der Waals surface area contributed by atoms with Crippen LogP contribution >= 0.6 is 24.0 Å². The number of guanidine groups is 1. The van der Waals surface area contributed by atoms with Gasteiger partial charge in [0.1, 0.15) is 0 Å². The summed E-state index contributed by atoms with van der Waals surface area (Å²) >= 11 is 0. The summed E-state index contributed by atoms with van der Waals surface area (Å²) in [4.78, 5) is 4.31. The minimum Gasteiger partial charge on any atom is -0.356 e. The van der Waals surface area contributed by atoms with E-state index in [1.54, 1.807) is 6.20 Å². The van der Waals surface area contributed by atoms with Crippen molar-refractivity contribution in [3.8, 4) is 0 Å². The standard InChI is InChI=1S/C19H29N5.HI/c1-16-8-5-9-17(14-16)19(2,3)15-22-18(20-4)21-10-6-12-24-13-7-11-23-24;/h5,7-9,11,13-14H,6,10,12,15H2,1-4H3,(H2,20,21,22);1H. The van der Waals surface area contributed by atoms with Crippen molar-refractivity contribution in [2.75, 3.05) is 20.1 Å². The molecule has 2 rings (SSSR count). The number of aryl methyl sites for hydroxylation is 2. The molecular formula is C19H30IN5. The Bertz CT molecular complexity index is 650. The molecule has 1 aromatic carbocycles. The summed E-state index contributed by atoms with van der Waals surface area (Å²) < 4.78 is 1.94. The van der Waals surface area contributed by atoms with E-state index in [-0.39, 0.29) is 29.4 Å². The normalized spacial score (nSPS) is 11.8. The molecule has 0 atom stereocenters. The second-order valence-electron chi connectivity index (χ2n) is 6.73. The average molecular weight is 455 g/mol. The van der Waals surface area contributed by atoms with Crippen LogP contribution in [0.15, 0.2) is 47.7 Å². The van der Waals surface area contributed by atoms with Crippen LogP contribution in [0, 0.1) is 6.92 Å². The number of aliphatic imine (C=N–C) groups is 1. The lowest BCUT2D eigenvalue weighted by Gasteiger charge is -2.27. The third-order valence-electron chi connectivity index (χ3n) is 4.14. The Morgan fingerprint density at radius 1 is 1.24 bits per heavy atom. The lowest BCUT2D eigenvalue weighted by atomic mass is 9.84. The van der Waals surface area contributed by atoms with Crippen molar-refractivity contribution in [3.05, 3.63) is 53.9 Å². The number of halogens is 1. The molecule has 0 saturated heterocycles. The third kappa shape index (κ3) is 7.05. The Morgan fingerprint density at radius 2 is 2.04 bits per heavy atom. The number of nitrogens with zero attached hydrogens (tertiary/aromatic N) is 3. The third-order valence-corrected chi connectivity index (χ3v) is 4.14. The molecular weight excluding hydrogens is 425 g/mol. The zero-order valence-corrected chi connectivity index (χ0v) is 18.0. The van der Waals surface area contributed by atoms with E-state index in [0.29, 0.717) is 0 Å². The van der Waals surface area contributed by atoms with Gasteiger partial charge in [-0.05, 0) is 25.0 Å². The lowest BCUT2D eigenvalue weighted by Crippen LogP contribution is -2.43. The number of hydrogen-bond acceptors (Lipinski definition) is 2. The van der Waals surface area contributed by atoms with Gasteiger partial charge in [0.25, 0.3) is 0 Å². The van der Waals surface area contributed by atoms with Crippen molar-refractivity contribution in [1.29, 1.82) is 0 Å². The van der Waals surface area contributed by atoms with Gasteiger partial charge in [-0.25, -0.2) is 0 Å². The molecule has 0 bridgehead atoms. The second-order valence-corrected chi connectivity index (χ2v) is 6.73. The highest BCUT2D eigenvalue weighted by molar-refractivity contribution is 14.0. The summed E-state index contributed by atoms with van der Waals surface area (Å²) in [6.45, 7) is 9.23. The van der Waals surface area contributed by atoms with Gasteiger partial charge in [0.15, 0.2) is 5.96 Å². The minimum atomic E-state index is 0. The number of aromatic nitrogens is 2. The SMILES string of the molecule is CN=C(NCCCn1cccn1)NCC(C)(C)c1cccc(C)c1.I. The molecule has 0 unspecified atom stereocenters. The van der Waals surface area contributed by atoms with Crippen LogP contribution in [0.1, 0.15) is 31.4 Å². The molecule has 0 aliphatic heterocycles. The maximum absolute atomic E-state index is 4.31. The van der Waals surface area contributed by atoms with Crippen LogP contribution in [0.25, 0.3) is 0 Å². The zero-order chi connectivity index (χ0) is 17.4. The molecule has 0 aliphatic rings. The maximum atomic E-state index is 4.31. The van der Waals surface area contributed by atoms with E-state index in [0.717, 1.165) is 32.0 Å². The molecule has 0 amide bonds. The Labute approximate surface area is 168 Å². The van der Waals surface area contributed by atoms with Gasteiger partial charge >= 0.3 is 0 Å². The van der Waals surface area contributed by atoms with Crippen molar-refractivity contribution in [2.24, 2.45) is 4.99 Å². The highest BCUT2D eigenvalue weighted by Crippen LogP contribution is 2.22. The molecule has 5 nitrogen and oxygen atoms in total. The van der Waals surface area contributed by atoms with Crippen LogP contribution < -0.4 is 10.6 Å². The van der Waals surface area contributed by atoms with Gasteiger partial charge in [-0.1, -0.05) is 43.7 Å². The van der Waals surface area contributed by atoms with Crippen LogP contribution in [-0.4, -0.2) is 35.9 Å². The van der Waals surface area contributed by atoms with E-state index in [4.69, 9.17) is 0 Å². The van der Waals surface area contributed by atoms with E-state index in [9.17, 15) is 0 Å². The molecule has 1 aromatic heterocycles. The number of hydrogen-bond donors (Lipinski definition) is 2. The molecule has 6 heteroatoms. The van der Waals surface area contributed by atoms with Crippen LogP contribution in [0.2, 0.25) is 0 Å². The fourth-order valence-electron chi connectivity index (χ4n) is 2.57. The number of nitrogens with one attached hydrogen (secondary N) is 2. The zero-order valence-electron chi connectivity index (χ0n) is 15.6. The summed E-state index contributed by atoms with van der Waals surface area (Å²) in [6, 6.07) is 10.6. The Hall–Kier alpha value is -1.57. The molecule has 2 N–H and O–H groups in total. The first-order chi connectivity index (χ1) is 11.5. The lowest BCUT2D eigenvalue weighted by molar-refractivity contribution is 0.506. The Kier molecular flexibility index (Phi) is 8.96. The molecule has 0 aliphatic carbocycles. The fraction of sp³-hybridized carbons (Fsp3) is 0.474. The van der Waals surface area contributed by atoms with Gasteiger partial charge < -0.3 is 10.6 Å². The molecule has 1 heterocycles. The monoisotopic (exact) mass is 455 g/mol. The van der Waals surface area contributed by atoms with Crippen molar-refractivity contribution in [1.82, 2.24) is 20.4 Å². The molecule has 138 valence electrons. The molecule has 2 aromatic rings. The predicted octanol–water partition coefficient (Wildman–Crippen LogP) is 3.34. The summed E-state index contributed by atoms with van der Waals surface area (Å²) in [5.41, 5.74) is 2.67. The topological polar surface area (TPSA) is 54.2 Å². The first-order valence-corrected chi connectivity index (χ1v) is 8.50. The number of rotatable bonds is 7. The summed E-state index contributed by atoms with van der Waals surface area (Å²) in [6.07, 6.45) is 4.79. The van der Waals surface area contributed by atoms with Gasteiger partial charge in [0.05, 0.1) is 0 Å². The van der Waals surface area contributed by atoms with Crippen molar-refractivity contribution < 1.29 is 0 Å². The van der Waals surface area contributed by atoms with Crippen molar-refractivity contribution in [3.63, 3.8) is 0 Å². The largest absolute Gasteiger partial charge is 0.356 e. The smallest absolute Gasteiger partial charge is 0.191 e. The summed E-state index contributed by atoms with van der Waals surface area (Å²) in [7, 11) is 1.81. The van der Waals surface area contributed by atoms with Gasteiger partial charge in [-0.3, -0.25) is 9.67 Å². The molecule has 0 fully saturated rings. The Balaban J connectivity index is 0.00000312. The van der Waals surface area contributed by atoms with E-state index < -0.39 is 0 Å². The first-order valence-electron chi connectivity index (χ1n) is 8.50. The molecule has 0 spiro atoms. The van der Waals surface area contributed by atoms with E-state index >= 15 is 0 Å². The van der Waals surface area contributed by atoms with E-state index in [1.165, 1.54) is 11.1 Å². The molecule has 25 heavy (non-hydrogen) atoms. The minimum absolute atomic E-state index is 0. The predicted molar refractivity (Wildman–Crippen MR) is 116 cm³/mol. The molecule has 0 radical (unpaired) electrons. The average Bonchev–Trinajstić information content (AvgIpc) is 3.07. The van der Waals surface area contributed by atoms with Gasteiger partial charge in [0.2, 0.25) is 0 Å². The first kappa shape index (κ1) is 21.5. The van der Waals surface area contributed by atoms with E-state index in [2.05, 4.69) is 65.8 Å². The second kappa shape index (κ2) is 10.4. The summed E-state index contributed by atoms with van der Waals surface area (Å²) in [5, 5.41) is 11.0. The van der Waals surface area contributed by atoms with Gasteiger partial charge in [0, 0.05) is 44.5 Å². The van der Waals surface area contributed by atoms with E-state index in [1.807, 2.05) is 24.0 Å². The van der Waals surface area contributed by atoms with Crippen LogP contribution in [0.3, 0.4) is 0 Å². The van der Waals surface area contributed by atoms with Gasteiger partial charge in [-0.15, -0.1) is 24.0 Å². The summed E-state index contributed by atoms with van der Waals surface area (Å²) in [5.74, 6) is 0.844. The fourth-order valence-corrected chi connectivity index (χ4v) is 2.57. The number of benzene rings is 1. The van der Waals surface area contributed by atoms with Gasteiger partial charge in [-0.2, -0.15) is 5.10 Å². The highest BCUT2D eigenvalue weighted by atomic mass is 127. The highest BCUT2D eigenvalue weighted by Gasteiger charge is 2.20.